The molecule has 0 heterocycles. The van der Waals surface area contributed by atoms with Gasteiger partial charge in [-0.3, -0.25) is 14.3 Å². The van der Waals surface area contributed by atoms with Gasteiger partial charge in [-0.15, -0.1) is 0 Å². The van der Waals surface area contributed by atoms with Crippen LogP contribution in [0.2, 0.25) is 0 Å². The highest BCUT2D eigenvalue weighted by molar-refractivity contribution is 7.84. The molecule has 2 rings (SSSR count). The average Bonchev–Trinajstić information content (AvgIpc) is 2.47. The van der Waals surface area contributed by atoms with Crippen molar-refractivity contribution in [3.63, 3.8) is 0 Å². The first-order chi connectivity index (χ1) is 10.0. The molecule has 110 valence electrons. The second-order valence-electron chi connectivity index (χ2n) is 4.20. The highest BCUT2D eigenvalue weighted by atomic mass is 32.2. The summed E-state index contributed by atoms with van der Waals surface area (Å²) in [5, 5.41) is 10.8. The molecule has 1 unspecified atom stereocenters. The smallest absolute Gasteiger partial charge is 0.270 e. The minimum absolute atomic E-state index is 0.00824. The van der Waals surface area contributed by atoms with Gasteiger partial charge in [0.05, 0.1) is 28.6 Å². The van der Waals surface area contributed by atoms with Gasteiger partial charge in [0.25, 0.3) is 5.69 Å². The predicted octanol–water partition coefficient (Wildman–Crippen LogP) is 3.05. The Kier molecular flexibility index (Phi) is 4.64. The van der Waals surface area contributed by atoms with Gasteiger partial charge in [-0.1, -0.05) is 6.07 Å². The number of nitro benzene ring substituents is 1. The van der Waals surface area contributed by atoms with Crippen LogP contribution in [0.25, 0.3) is 0 Å². The summed E-state index contributed by atoms with van der Waals surface area (Å²) in [5.74, 6) is -0.0638. The van der Waals surface area contributed by atoms with Crippen LogP contribution in [0.4, 0.5) is 10.1 Å². The maximum atomic E-state index is 13.1. The molecule has 2 aromatic rings. The second-order valence-corrected chi connectivity index (χ2v) is 5.65. The van der Waals surface area contributed by atoms with Crippen LogP contribution in [0.3, 0.4) is 0 Å². The number of halogens is 1. The summed E-state index contributed by atoms with van der Waals surface area (Å²) in [6, 6.07) is 9.53. The van der Waals surface area contributed by atoms with Crippen molar-refractivity contribution in [2.75, 3.05) is 7.11 Å². The Hall–Kier alpha value is -2.28. The van der Waals surface area contributed by atoms with Crippen LogP contribution < -0.4 is 4.74 Å². The zero-order valence-electron chi connectivity index (χ0n) is 11.1. The molecule has 0 bridgehead atoms. The summed E-state index contributed by atoms with van der Waals surface area (Å²) < 4.78 is 30.5. The van der Waals surface area contributed by atoms with Crippen LogP contribution in [0.5, 0.6) is 5.75 Å². The molecule has 21 heavy (non-hydrogen) atoms. The largest absolute Gasteiger partial charge is 0.496 e. The van der Waals surface area contributed by atoms with Gasteiger partial charge in [0.2, 0.25) is 0 Å². The lowest BCUT2D eigenvalue weighted by Gasteiger charge is -2.08. The molecule has 0 aromatic heterocycles. The molecule has 0 saturated carbocycles. The first-order valence-corrected chi connectivity index (χ1v) is 7.28. The number of hydrogen-bond acceptors (Lipinski definition) is 4. The van der Waals surface area contributed by atoms with E-state index in [1.54, 1.807) is 6.07 Å². The van der Waals surface area contributed by atoms with Crippen LogP contribution in [-0.4, -0.2) is 16.2 Å². The van der Waals surface area contributed by atoms with Gasteiger partial charge in [-0.05, 0) is 24.3 Å². The molecule has 0 aliphatic carbocycles. The van der Waals surface area contributed by atoms with Crippen LogP contribution in [-0.2, 0) is 16.6 Å². The number of ether oxygens (including phenoxy) is 1. The van der Waals surface area contributed by atoms with Gasteiger partial charge in [0, 0.05) is 22.6 Å². The molecule has 0 aliphatic heterocycles. The molecule has 0 aliphatic rings. The van der Waals surface area contributed by atoms with E-state index in [0.717, 1.165) is 0 Å². The molecule has 7 heteroatoms. The normalized spacial score (nSPS) is 11.9. The molecule has 0 spiro atoms. The zero-order chi connectivity index (χ0) is 15.4. The van der Waals surface area contributed by atoms with Crippen molar-refractivity contribution in [1.82, 2.24) is 0 Å². The third-order valence-electron chi connectivity index (χ3n) is 2.82. The van der Waals surface area contributed by atoms with E-state index >= 15 is 0 Å². The van der Waals surface area contributed by atoms with Crippen LogP contribution in [0, 0.1) is 15.9 Å². The van der Waals surface area contributed by atoms with Crippen molar-refractivity contribution in [1.29, 1.82) is 0 Å². The van der Waals surface area contributed by atoms with E-state index in [1.807, 2.05) is 0 Å². The van der Waals surface area contributed by atoms with E-state index < -0.39 is 21.5 Å². The Labute approximate surface area is 123 Å². The Morgan fingerprint density at radius 3 is 2.67 bits per heavy atom. The highest BCUT2D eigenvalue weighted by Gasteiger charge is 2.15. The number of non-ortho nitro benzene ring substituents is 1. The number of nitrogens with zero attached hydrogens (tertiary/aromatic N) is 1. The highest BCUT2D eigenvalue weighted by Crippen LogP contribution is 2.26. The molecule has 5 nitrogen and oxygen atoms in total. The summed E-state index contributed by atoms with van der Waals surface area (Å²) in [5.41, 5.74) is 0.330. The molecular formula is C14H12FNO4S. The van der Waals surface area contributed by atoms with Crippen molar-refractivity contribution >= 4 is 16.5 Å². The number of methoxy groups -OCH3 is 1. The van der Waals surface area contributed by atoms with E-state index in [-0.39, 0.29) is 11.4 Å². The van der Waals surface area contributed by atoms with E-state index in [0.29, 0.717) is 16.2 Å². The van der Waals surface area contributed by atoms with Gasteiger partial charge >= 0.3 is 0 Å². The molecule has 0 radical (unpaired) electrons. The minimum atomic E-state index is -1.52. The van der Waals surface area contributed by atoms with Gasteiger partial charge in [0.15, 0.2) is 0 Å². The third-order valence-corrected chi connectivity index (χ3v) is 4.17. The molecule has 0 fully saturated rings. The van der Waals surface area contributed by atoms with Crippen LogP contribution in [0.1, 0.15) is 5.56 Å². The van der Waals surface area contributed by atoms with Crippen LogP contribution >= 0.6 is 0 Å². The zero-order valence-corrected chi connectivity index (χ0v) is 11.9. The molecule has 2 aromatic carbocycles. The maximum absolute atomic E-state index is 13.1. The lowest BCUT2D eigenvalue weighted by atomic mass is 10.2. The fraction of sp³-hybridized carbons (Fsp3) is 0.143. The van der Waals surface area contributed by atoms with Crippen molar-refractivity contribution in [2.24, 2.45) is 0 Å². The van der Waals surface area contributed by atoms with Gasteiger partial charge in [0.1, 0.15) is 11.6 Å². The van der Waals surface area contributed by atoms with E-state index in [1.165, 1.54) is 43.5 Å². The molecule has 0 saturated heterocycles. The van der Waals surface area contributed by atoms with Crippen molar-refractivity contribution in [2.45, 2.75) is 10.6 Å². The lowest BCUT2D eigenvalue weighted by molar-refractivity contribution is -0.384. The number of benzene rings is 2. The lowest BCUT2D eigenvalue weighted by Crippen LogP contribution is -2.01. The fourth-order valence-corrected chi connectivity index (χ4v) is 2.97. The number of nitro groups is 1. The first-order valence-electron chi connectivity index (χ1n) is 5.96. The van der Waals surface area contributed by atoms with Gasteiger partial charge < -0.3 is 4.74 Å². The average molecular weight is 309 g/mol. The Balaban J connectivity index is 2.31. The predicted molar refractivity (Wildman–Crippen MR) is 76.2 cm³/mol. The first kappa shape index (κ1) is 15.1. The Morgan fingerprint density at radius 2 is 2.05 bits per heavy atom. The summed E-state index contributed by atoms with van der Waals surface area (Å²) in [6.45, 7) is 0. The quantitative estimate of drug-likeness (QED) is 0.629. The van der Waals surface area contributed by atoms with Gasteiger partial charge in [-0.2, -0.15) is 0 Å². The Bertz CT molecular complexity index is 705. The molecule has 0 amide bonds. The van der Waals surface area contributed by atoms with Crippen molar-refractivity contribution < 1.29 is 18.3 Å². The molecule has 0 N–H and O–H groups in total. The van der Waals surface area contributed by atoms with Crippen molar-refractivity contribution in [3.05, 3.63) is 64.0 Å². The standard InChI is InChI=1S/C14H12FNO4S/c1-20-14-6-5-12(16(17)18)7-10(14)9-21(19)13-4-2-3-11(15)8-13/h2-8H,9H2,1H3. The summed E-state index contributed by atoms with van der Waals surface area (Å²) in [7, 11) is -0.0943. The summed E-state index contributed by atoms with van der Waals surface area (Å²) in [4.78, 5) is 10.6. The molecule has 1 atom stereocenters. The second kappa shape index (κ2) is 6.45. The Morgan fingerprint density at radius 1 is 1.29 bits per heavy atom. The topological polar surface area (TPSA) is 69.4 Å². The van der Waals surface area contributed by atoms with Gasteiger partial charge in [-0.25, -0.2) is 4.39 Å². The van der Waals surface area contributed by atoms with Crippen molar-refractivity contribution in [3.8, 4) is 5.75 Å². The minimum Gasteiger partial charge on any atom is -0.496 e. The summed E-state index contributed by atoms with van der Waals surface area (Å²) >= 11 is 0. The van der Waals surface area contributed by atoms with E-state index in [4.69, 9.17) is 4.74 Å². The maximum Gasteiger partial charge on any atom is 0.270 e. The SMILES string of the molecule is COc1ccc([N+](=O)[O-])cc1CS(=O)c1cccc(F)c1. The molecular weight excluding hydrogens is 297 g/mol. The number of hydrogen-bond donors (Lipinski definition) is 0. The summed E-state index contributed by atoms with van der Waals surface area (Å²) in [6.07, 6.45) is 0. The fourth-order valence-electron chi connectivity index (χ4n) is 1.82. The number of rotatable bonds is 5. The monoisotopic (exact) mass is 309 g/mol. The van der Waals surface area contributed by atoms with Crippen LogP contribution in [0.15, 0.2) is 47.4 Å². The third kappa shape index (κ3) is 3.63. The van der Waals surface area contributed by atoms with E-state index in [2.05, 4.69) is 0 Å². The van der Waals surface area contributed by atoms with E-state index in [9.17, 15) is 18.7 Å².